The van der Waals surface area contributed by atoms with Gasteiger partial charge in [0.05, 0.1) is 11.6 Å². The van der Waals surface area contributed by atoms with Crippen LogP contribution in [0.3, 0.4) is 0 Å². The zero-order valence-corrected chi connectivity index (χ0v) is 11.9. The second-order valence-electron chi connectivity index (χ2n) is 4.66. The topological polar surface area (TPSA) is 38.5 Å². The van der Waals surface area contributed by atoms with Crippen molar-refractivity contribution in [3.05, 3.63) is 28.2 Å². The highest BCUT2D eigenvalue weighted by Crippen LogP contribution is 2.40. The van der Waals surface area contributed by atoms with Gasteiger partial charge in [-0.3, -0.25) is 4.90 Å². The van der Waals surface area contributed by atoms with Gasteiger partial charge in [0.2, 0.25) is 0 Å². The maximum absolute atomic E-state index is 5.77. The summed E-state index contributed by atoms with van der Waals surface area (Å²) in [6.07, 6.45) is 1.12. The van der Waals surface area contributed by atoms with Crippen molar-refractivity contribution in [1.82, 2.24) is 4.90 Å². The Hall–Kier alpha value is -0.580. The molecular weight excluding hydrogens is 280 g/mol. The number of nitrogens with zero attached hydrogens (tertiary/aromatic N) is 1. The predicted molar refractivity (Wildman–Crippen MR) is 73.2 cm³/mol. The quantitative estimate of drug-likeness (QED) is 0.931. The summed E-state index contributed by atoms with van der Waals surface area (Å²) in [5.41, 5.74) is 7.06. The third-order valence-electron chi connectivity index (χ3n) is 3.54. The van der Waals surface area contributed by atoms with Crippen LogP contribution in [0.4, 0.5) is 0 Å². The van der Waals surface area contributed by atoms with E-state index in [0.29, 0.717) is 12.0 Å². The number of hydrogen-bond acceptors (Lipinski definition) is 3. The third-order valence-corrected chi connectivity index (χ3v) is 4.39. The number of hydrogen-bond donors (Lipinski definition) is 1. The lowest BCUT2D eigenvalue weighted by atomic mass is 10.00. The van der Waals surface area contributed by atoms with Gasteiger partial charge >= 0.3 is 0 Å². The number of likely N-dealkylation sites (tertiary alicyclic amines) is 1. The molecule has 1 aromatic carbocycles. The van der Waals surface area contributed by atoms with E-state index in [1.54, 1.807) is 7.11 Å². The SMILES string of the molecule is COc1cccc(C2CC(CN)CN2C)c1Br. The Kier molecular flexibility index (Phi) is 4.07. The first-order valence-corrected chi connectivity index (χ1v) is 6.69. The van der Waals surface area contributed by atoms with Crippen LogP contribution in [-0.2, 0) is 0 Å². The van der Waals surface area contributed by atoms with Gasteiger partial charge in [0, 0.05) is 12.6 Å². The summed E-state index contributed by atoms with van der Waals surface area (Å²) in [4.78, 5) is 2.37. The number of ether oxygens (including phenoxy) is 1. The summed E-state index contributed by atoms with van der Waals surface area (Å²) in [5, 5.41) is 0. The fraction of sp³-hybridized carbons (Fsp3) is 0.538. The number of methoxy groups -OCH3 is 1. The van der Waals surface area contributed by atoms with E-state index in [0.717, 1.165) is 29.7 Å². The summed E-state index contributed by atoms with van der Waals surface area (Å²) >= 11 is 3.64. The summed E-state index contributed by atoms with van der Waals surface area (Å²) in [6, 6.07) is 6.62. The molecule has 2 atom stereocenters. The Morgan fingerprint density at radius 2 is 2.29 bits per heavy atom. The van der Waals surface area contributed by atoms with Crippen molar-refractivity contribution in [2.75, 3.05) is 27.2 Å². The van der Waals surface area contributed by atoms with Crippen LogP contribution in [0.25, 0.3) is 0 Å². The Labute approximate surface area is 111 Å². The Morgan fingerprint density at radius 1 is 1.53 bits per heavy atom. The van der Waals surface area contributed by atoms with Crippen LogP contribution in [0.15, 0.2) is 22.7 Å². The van der Waals surface area contributed by atoms with E-state index < -0.39 is 0 Å². The maximum Gasteiger partial charge on any atom is 0.133 e. The van der Waals surface area contributed by atoms with E-state index in [-0.39, 0.29) is 0 Å². The van der Waals surface area contributed by atoms with Gasteiger partial charge in [0.15, 0.2) is 0 Å². The smallest absolute Gasteiger partial charge is 0.133 e. The zero-order chi connectivity index (χ0) is 12.4. The lowest BCUT2D eigenvalue weighted by molar-refractivity contribution is 0.311. The molecule has 1 aromatic rings. The lowest BCUT2D eigenvalue weighted by Gasteiger charge is -2.21. The van der Waals surface area contributed by atoms with Crippen molar-refractivity contribution in [2.45, 2.75) is 12.5 Å². The molecule has 0 radical (unpaired) electrons. The summed E-state index contributed by atoms with van der Waals surface area (Å²) in [7, 11) is 3.86. The van der Waals surface area contributed by atoms with Gasteiger partial charge in [-0.25, -0.2) is 0 Å². The highest BCUT2D eigenvalue weighted by molar-refractivity contribution is 9.10. The molecule has 1 fully saturated rings. The maximum atomic E-state index is 5.77. The lowest BCUT2D eigenvalue weighted by Crippen LogP contribution is -2.20. The first-order chi connectivity index (χ1) is 8.17. The highest BCUT2D eigenvalue weighted by atomic mass is 79.9. The van der Waals surface area contributed by atoms with E-state index in [4.69, 9.17) is 10.5 Å². The Morgan fingerprint density at radius 3 is 2.88 bits per heavy atom. The van der Waals surface area contributed by atoms with Crippen molar-refractivity contribution in [1.29, 1.82) is 0 Å². The van der Waals surface area contributed by atoms with Gasteiger partial charge in [0.1, 0.15) is 5.75 Å². The molecule has 0 bridgehead atoms. The van der Waals surface area contributed by atoms with E-state index in [2.05, 4.69) is 33.9 Å². The van der Waals surface area contributed by atoms with Gasteiger partial charge in [-0.2, -0.15) is 0 Å². The molecule has 1 aliphatic rings. The molecule has 1 saturated heterocycles. The van der Waals surface area contributed by atoms with Crippen LogP contribution < -0.4 is 10.5 Å². The molecule has 0 aliphatic carbocycles. The minimum absolute atomic E-state index is 0.438. The second kappa shape index (κ2) is 5.38. The molecule has 2 N–H and O–H groups in total. The summed E-state index contributed by atoms with van der Waals surface area (Å²) in [6.45, 7) is 1.84. The minimum atomic E-state index is 0.438. The van der Waals surface area contributed by atoms with Crippen LogP contribution in [-0.4, -0.2) is 32.1 Å². The average Bonchev–Trinajstić information content (AvgIpc) is 2.71. The summed E-state index contributed by atoms with van der Waals surface area (Å²) in [5.74, 6) is 1.50. The molecule has 0 spiro atoms. The van der Waals surface area contributed by atoms with Gasteiger partial charge in [-0.15, -0.1) is 0 Å². The van der Waals surface area contributed by atoms with Crippen LogP contribution in [0.2, 0.25) is 0 Å². The first kappa shape index (κ1) is 12.9. The van der Waals surface area contributed by atoms with Crippen molar-refractivity contribution < 1.29 is 4.74 Å². The van der Waals surface area contributed by atoms with Gasteiger partial charge < -0.3 is 10.5 Å². The molecule has 3 nitrogen and oxygen atoms in total. The van der Waals surface area contributed by atoms with Crippen molar-refractivity contribution >= 4 is 15.9 Å². The fourth-order valence-corrected chi connectivity index (χ4v) is 3.27. The highest BCUT2D eigenvalue weighted by Gasteiger charge is 2.31. The number of nitrogens with two attached hydrogens (primary N) is 1. The molecule has 17 heavy (non-hydrogen) atoms. The number of rotatable bonds is 3. The standard InChI is InChI=1S/C13H19BrN2O/c1-16-8-9(7-15)6-11(16)10-4-3-5-12(17-2)13(10)14/h3-5,9,11H,6-8,15H2,1-2H3. The van der Waals surface area contributed by atoms with E-state index in [9.17, 15) is 0 Å². The zero-order valence-electron chi connectivity index (χ0n) is 10.3. The number of benzene rings is 1. The monoisotopic (exact) mass is 298 g/mol. The summed E-state index contributed by atoms with van der Waals surface area (Å²) < 4.78 is 6.41. The van der Waals surface area contributed by atoms with Crippen molar-refractivity contribution in [3.63, 3.8) is 0 Å². The predicted octanol–water partition coefficient (Wildman–Crippen LogP) is 2.41. The van der Waals surface area contributed by atoms with Crippen LogP contribution in [0.1, 0.15) is 18.0 Å². The van der Waals surface area contributed by atoms with Crippen molar-refractivity contribution in [2.24, 2.45) is 11.7 Å². The molecule has 2 unspecified atom stereocenters. The van der Waals surface area contributed by atoms with E-state index in [1.807, 2.05) is 12.1 Å². The Balaban J connectivity index is 2.28. The molecule has 0 aromatic heterocycles. The van der Waals surface area contributed by atoms with E-state index in [1.165, 1.54) is 5.56 Å². The molecule has 1 heterocycles. The van der Waals surface area contributed by atoms with Crippen LogP contribution >= 0.6 is 15.9 Å². The fourth-order valence-electron chi connectivity index (χ4n) is 2.58. The van der Waals surface area contributed by atoms with Gasteiger partial charge in [-0.1, -0.05) is 12.1 Å². The third kappa shape index (κ3) is 2.49. The molecule has 1 aliphatic heterocycles. The average molecular weight is 299 g/mol. The molecular formula is C13H19BrN2O. The van der Waals surface area contributed by atoms with E-state index >= 15 is 0 Å². The molecule has 94 valence electrons. The number of halogens is 1. The molecule has 0 amide bonds. The molecule has 2 rings (SSSR count). The largest absolute Gasteiger partial charge is 0.496 e. The van der Waals surface area contributed by atoms with Crippen LogP contribution in [0, 0.1) is 5.92 Å². The Bertz CT molecular complexity index is 397. The second-order valence-corrected chi connectivity index (χ2v) is 5.45. The molecule has 4 heteroatoms. The molecule has 0 saturated carbocycles. The normalized spacial score (nSPS) is 25.2. The first-order valence-electron chi connectivity index (χ1n) is 5.90. The van der Waals surface area contributed by atoms with Gasteiger partial charge in [0.25, 0.3) is 0 Å². The van der Waals surface area contributed by atoms with Crippen LogP contribution in [0.5, 0.6) is 5.75 Å². The van der Waals surface area contributed by atoms with Crippen molar-refractivity contribution in [3.8, 4) is 5.75 Å². The van der Waals surface area contributed by atoms with Gasteiger partial charge in [-0.05, 0) is 53.5 Å². The minimum Gasteiger partial charge on any atom is -0.496 e.